The molecule has 1 unspecified atom stereocenters. The predicted octanol–water partition coefficient (Wildman–Crippen LogP) is 2.21. The minimum atomic E-state index is -3.63. The lowest BCUT2D eigenvalue weighted by Gasteiger charge is -2.34. The Morgan fingerprint density at radius 2 is 2.00 bits per heavy atom. The zero-order valence-electron chi connectivity index (χ0n) is 13.8. The van der Waals surface area contributed by atoms with Crippen molar-refractivity contribution in [1.29, 1.82) is 0 Å². The second kappa shape index (κ2) is 7.37. The van der Waals surface area contributed by atoms with Crippen LogP contribution in [0.1, 0.15) is 36.0 Å². The molecule has 0 aliphatic carbocycles. The largest absolute Gasteiger partial charge is 0.478 e. The van der Waals surface area contributed by atoms with Gasteiger partial charge in [0.05, 0.1) is 10.5 Å². The van der Waals surface area contributed by atoms with Crippen molar-refractivity contribution < 1.29 is 18.3 Å². The van der Waals surface area contributed by atoms with E-state index in [1.165, 1.54) is 24.3 Å². The monoisotopic (exact) mass is 363 g/mol. The number of rotatable bonds is 6. The second-order valence-electron chi connectivity index (χ2n) is 6.15. The Labute approximate surface area is 146 Å². The number of hydrogen-bond acceptors (Lipinski definition) is 4. The van der Waals surface area contributed by atoms with Crippen LogP contribution in [0.5, 0.6) is 0 Å². The summed E-state index contributed by atoms with van der Waals surface area (Å²) in [6, 6.07) is 7.19. The highest BCUT2D eigenvalue weighted by atomic mass is 32.2. The summed E-state index contributed by atoms with van der Waals surface area (Å²) in [5.74, 6) is -1.07. The molecule has 0 bridgehead atoms. The summed E-state index contributed by atoms with van der Waals surface area (Å²) in [5.41, 5.74) is 0.0767. The number of aromatic carboxylic acids is 1. The van der Waals surface area contributed by atoms with Gasteiger partial charge in [0.1, 0.15) is 0 Å². The maximum Gasteiger partial charge on any atom is 0.335 e. The Morgan fingerprint density at radius 3 is 2.64 bits per heavy atom. The van der Waals surface area contributed by atoms with Gasteiger partial charge < -0.3 is 5.11 Å². The number of carboxylic acids is 1. The molecule has 2 aromatic rings. The van der Waals surface area contributed by atoms with Crippen LogP contribution < -0.4 is 0 Å². The van der Waals surface area contributed by atoms with Gasteiger partial charge in [0, 0.05) is 31.5 Å². The van der Waals surface area contributed by atoms with E-state index < -0.39 is 16.0 Å². The van der Waals surface area contributed by atoms with E-state index in [1.54, 1.807) is 15.2 Å². The number of sulfonamides is 1. The Bertz CT molecular complexity index is 816. The van der Waals surface area contributed by atoms with Crippen molar-refractivity contribution >= 4 is 16.0 Å². The first-order chi connectivity index (χ1) is 12.0. The maximum atomic E-state index is 13.0. The van der Waals surface area contributed by atoms with Crippen LogP contribution in [-0.2, 0) is 16.6 Å². The summed E-state index contributed by atoms with van der Waals surface area (Å²) in [4.78, 5) is 11.1. The lowest BCUT2D eigenvalue weighted by atomic mass is 10.0. The molecular weight excluding hydrogens is 342 g/mol. The quantitative estimate of drug-likeness (QED) is 0.849. The number of carbonyl (C=O) groups is 1. The lowest BCUT2D eigenvalue weighted by molar-refractivity contribution is 0.0696. The summed E-state index contributed by atoms with van der Waals surface area (Å²) in [7, 11) is -3.63. The second-order valence-corrected chi connectivity index (χ2v) is 8.04. The molecule has 25 heavy (non-hydrogen) atoms. The Kier molecular flexibility index (Phi) is 5.19. The first-order valence-corrected chi connectivity index (χ1v) is 9.75. The highest BCUT2D eigenvalue weighted by Crippen LogP contribution is 2.27. The molecule has 2 heterocycles. The van der Waals surface area contributed by atoms with Gasteiger partial charge in [-0.3, -0.25) is 4.68 Å². The Balaban J connectivity index is 1.78. The fourth-order valence-electron chi connectivity index (χ4n) is 3.20. The van der Waals surface area contributed by atoms with E-state index in [2.05, 4.69) is 5.10 Å². The zero-order valence-corrected chi connectivity index (χ0v) is 14.6. The number of nitrogens with zero attached hydrogens (tertiary/aromatic N) is 3. The van der Waals surface area contributed by atoms with Gasteiger partial charge in [0.2, 0.25) is 10.0 Å². The molecule has 8 heteroatoms. The van der Waals surface area contributed by atoms with Gasteiger partial charge in [-0.15, -0.1) is 0 Å². The maximum absolute atomic E-state index is 13.0. The van der Waals surface area contributed by atoms with Gasteiger partial charge in [-0.1, -0.05) is 6.42 Å². The number of aromatic nitrogens is 2. The highest BCUT2D eigenvalue weighted by molar-refractivity contribution is 7.89. The van der Waals surface area contributed by atoms with E-state index >= 15 is 0 Å². The molecular formula is C17H21N3O4S. The van der Waals surface area contributed by atoms with Gasteiger partial charge in [-0.2, -0.15) is 9.40 Å². The molecule has 1 N–H and O–H groups in total. The minimum Gasteiger partial charge on any atom is -0.478 e. The fourth-order valence-corrected chi connectivity index (χ4v) is 4.92. The molecule has 0 radical (unpaired) electrons. The lowest BCUT2D eigenvalue weighted by Crippen LogP contribution is -2.44. The van der Waals surface area contributed by atoms with Crippen LogP contribution >= 0.6 is 0 Å². The third-order valence-electron chi connectivity index (χ3n) is 4.53. The van der Waals surface area contributed by atoms with Crippen LogP contribution in [0.2, 0.25) is 0 Å². The minimum absolute atomic E-state index is 0.0675. The Morgan fingerprint density at radius 1 is 1.24 bits per heavy atom. The molecule has 7 nitrogen and oxygen atoms in total. The van der Waals surface area contributed by atoms with Crippen molar-refractivity contribution in [2.24, 2.45) is 0 Å². The molecule has 0 spiro atoms. The van der Waals surface area contributed by atoms with Gasteiger partial charge >= 0.3 is 5.97 Å². The normalized spacial score (nSPS) is 19.0. The fraction of sp³-hybridized carbons (Fsp3) is 0.412. The zero-order chi connectivity index (χ0) is 17.9. The molecule has 1 aromatic heterocycles. The summed E-state index contributed by atoms with van der Waals surface area (Å²) < 4.78 is 29.4. The van der Waals surface area contributed by atoms with Crippen LogP contribution in [0.4, 0.5) is 0 Å². The molecule has 1 aliphatic heterocycles. The number of benzene rings is 1. The SMILES string of the molecule is O=C(O)c1ccc(S(=O)(=O)N2CCCCC2CCn2cccn2)cc1. The van der Waals surface area contributed by atoms with Gasteiger partial charge in [0.15, 0.2) is 0 Å². The van der Waals surface area contributed by atoms with E-state index in [1.807, 2.05) is 12.3 Å². The molecule has 1 fully saturated rings. The topological polar surface area (TPSA) is 92.5 Å². The van der Waals surface area contributed by atoms with Crippen LogP contribution in [-0.4, -0.2) is 46.2 Å². The van der Waals surface area contributed by atoms with Crippen molar-refractivity contribution in [1.82, 2.24) is 14.1 Å². The number of carboxylic acid groups (broad SMARTS) is 1. The van der Waals surface area contributed by atoms with E-state index in [0.717, 1.165) is 19.3 Å². The van der Waals surface area contributed by atoms with Crippen molar-refractivity contribution in [3.05, 3.63) is 48.3 Å². The smallest absolute Gasteiger partial charge is 0.335 e. The van der Waals surface area contributed by atoms with E-state index in [4.69, 9.17) is 5.11 Å². The molecule has 3 rings (SSSR count). The molecule has 1 atom stereocenters. The van der Waals surface area contributed by atoms with Crippen LogP contribution in [0.15, 0.2) is 47.6 Å². The first-order valence-electron chi connectivity index (χ1n) is 8.31. The van der Waals surface area contributed by atoms with Crippen molar-refractivity contribution in [3.8, 4) is 0 Å². The number of aryl methyl sites for hydroxylation is 1. The van der Waals surface area contributed by atoms with Crippen molar-refractivity contribution in [2.75, 3.05) is 6.54 Å². The number of hydrogen-bond donors (Lipinski definition) is 1. The van der Waals surface area contributed by atoms with Gasteiger partial charge in [0.25, 0.3) is 0 Å². The average Bonchev–Trinajstić information content (AvgIpc) is 3.14. The summed E-state index contributed by atoms with van der Waals surface area (Å²) in [5, 5.41) is 13.1. The van der Waals surface area contributed by atoms with E-state index in [-0.39, 0.29) is 16.5 Å². The van der Waals surface area contributed by atoms with E-state index in [0.29, 0.717) is 19.5 Å². The Hall–Kier alpha value is -2.19. The van der Waals surface area contributed by atoms with Crippen LogP contribution in [0.3, 0.4) is 0 Å². The van der Waals surface area contributed by atoms with Gasteiger partial charge in [-0.05, 0) is 49.6 Å². The molecule has 1 aliphatic rings. The predicted molar refractivity (Wildman–Crippen MR) is 91.8 cm³/mol. The average molecular weight is 363 g/mol. The van der Waals surface area contributed by atoms with E-state index in [9.17, 15) is 13.2 Å². The van der Waals surface area contributed by atoms with Crippen LogP contribution in [0.25, 0.3) is 0 Å². The highest BCUT2D eigenvalue weighted by Gasteiger charge is 2.33. The standard InChI is InChI=1S/C17H21N3O4S/c21-17(22)14-5-7-16(8-6-14)25(23,24)20-12-2-1-4-15(20)9-13-19-11-3-10-18-19/h3,5-8,10-11,15H,1-2,4,9,12-13H2,(H,21,22). The molecule has 134 valence electrons. The van der Waals surface area contributed by atoms with Crippen molar-refractivity contribution in [3.63, 3.8) is 0 Å². The third-order valence-corrected chi connectivity index (χ3v) is 6.50. The molecule has 0 amide bonds. The van der Waals surface area contributed by atoms with Crippen LogP contribution in [0, 0.1) is 0 Å². The molecule has 1 aromatic carbocycles. The van der Waals surface area contributed by atoms with Crippen molar-refractivity contribution in [2.45, 2.75) is 43.2 Å². The summed E-state index contributed by atoms with van der Waals surface area (Å²) in [6.07, 6.45) is 6.95. The molecule has 1 saturated heterocycles. The summed E-state index contributed by atoms with van der Waals surface area (Å²) in [6.45, 7) is 1.16. The first kappa shape index (κ1) is 17.6. The molecule has 0 saturated carbocycles. The summed E-state index contributed by atoms with van der Waals surface area (Å²) >= 11 is 0. The van der Waals surface area contributed by atoms with Gasteiger partial charge in [-0.25, -0.2) is 13.2 Å². The number of piperidine rings is 1. The third kappa shape index (κ3) is 3.91.